The van der Waals surface area contributed by atoms with Crippen LogP contribution in [0.5, 0.6) is 0 Å². The summed E-state index contributed by atoms with van der Waals surface area (Å²) in [5, 5.41) is 17.8. The van der Waals surface area contributed by atoms with Gasteiger partial charge in [-0.2, -0.15) is 0 Å². The molecule has 0 saturated carbocycles. The van der Waals surface area contributed by atoms with Crippen LogP contribution in [0.4, 0.5) is 9.80 Å². The van der Waals surface area contributed by atoms with Crippen LogP contribution in [0.15, 0.2) is 24.3 Å². The highest BCUT2D eigenvalue weighted by Crippen LogP contribution is 2.39. The molecule has 3 rings (SSSR count). The van der Waals surface area contributed by atoms with Crippen molar-refractivity contribution in [3.05, 3.63) is 29.3 Å². The normalized spacial score (nSPS) is 17.4. The molecule has 1 aliphatic heterocycles. The van der Waals surface area contributed by atoms with Crippen LogP contribution >= 0.6 is 22.9 Å². The minimum Gasteiger partial charge on any atom is -0.388 e. The minimum atomic E-state index is -0.889. The number of carbonyl (C=O) groups excluding carboxylic acids is 1. The quantitative estimate of drug-likeness (QED) is 0.803. The molecule has 0 aliphatic carbocycles. The van der Waals surface area contributed by atoms with Crippen molar-refractivity contribution in [3.63, 3.8) is 0 Å². The zero-order valence-corrected chi connectivity index (χ0v) is 13.5. The van der Waals surface area contributed by atoms with Gasteiger partial charge in [-0.25, -0.2) is 4.79 Å². The summed E-state index contributed by atoms with van der Waals surface area (Å²) in [5.41, 5.74) is -0.889. The Balaban J connectivity index is 1.62. The molecule has 1 aromatic heterocycles. The average Bonchev–Trinajstić information content (AvgIpc) is 2.83. The first-order chi connectivity index (χ1) is 10.6. The molecule has 118 valence electrons. The van der Waals surface area contributed by atoms with E-state index in [-0.39, 0.29) is 12.6 Å². The van der Waals surface area contributed by atoms with Crippen molar-refractivity contribution in [2.75, 3.05) is 25.1 Å². The first kappa shape index (κ1) is 15.6. The number of hydrogen-bond acceptors (Lipinski definition) is 4. The number of rotatable bonds is 3. The Hall–Kier alpha value is -1.34. The van der Waals surface area contributed by atoms with Crippen LogP contribution in [-0.2, 0) is 4.74 Å². The number of benzene rings is 1. The van der Waals surface area contributed by atoms with E-state index >= 15 is 0 Å². The molecule has 0 spiro atoms. The third-order valence-corrected chi connectivity index (χ3v) is 5.35. The second-order valence-electron chi connectivity index (χ2n) is 5.39. The van der Waals surface area contributed by atoms with Crippen molar-refractivity contribution >= 4 is 44.1 Å². The van der Waals surface area contributed by atoms with E-state index in [1.165, 1.54) is 11.3 Å². The predicted molar refractivity (Wildman–Crippen MR) is 88.9 cm³/mol. The summed E-state index contributed by atoms with van der Waals surface area (Å²) >= 11 is 7.71. The van der Waals surface area contributed by atoms with Crippen molar-refractivity contribution in [2.24, 2.45) is 0 Å². The molecule has 1 fully saturated rings. The number of fused-ring (bicyclic) bond motifs is 1. The largest absolute Gasteiger partial charge is 0.388 e. The van der Waals surface area contributed by atoms with Gasteiger partial charge < -0.3 is 15.2 Å². The smallest absolute Gasteiger partial charge is 0.319 e. The van der Waals surface area contributed by atoms with Gasteiger partial charge in [-0.1, -0.05) is 29.8 Å². The monoisotopic (exact) mass is 340 g/mol. The molecule has 0 radical (unpaired) electrons. The van der Waals surface area contributed by atoms with E-state index in [1.54, 1.807) is 0 Å². The molecule has 3 N–H and O–H groups in total. The Kier molecular flexibility index (Phi) is 4.54. The molecular weight excluding hydrogens is 324 g/mol. The van der Waals surface area contributed by atoms with E-state index in [9.17, 15) is 9.90 Å². The summed E-state index contributed by atoms with van der Waals surface area (Å²) in [4.78, 5) is 12.0. The van der Waals surface area contributed by atoms with Crippen LogP contribution in [0.25, 0.3) is 10.1 Å². The number of hydrogen-bond donors (Lipinski definition) is 3. The summed E-state index contributed by atoms with van der Waals surface area (Å²) in [6, 6.07) is 7.35. The van der Waals surface area contributed by atoms with E-state index < -0.39 is 5.60 Å². The topological polar surface area (TPSA) is 70.6 Å². The van der Waals surface area contributed by atoms with Crippen molar-refractivity contribution in [1.82, 2.24) is 5.32 Å². The van der Waals surface area contributed by atoms with Gasteiger partial charge in [0.05, 0.1) is 10.6 Å². The lowest BCUT2D eigenvalue weighted by Gasteiger charge is -2.31. The van der Waals surface area contributed by atoms with Crippen molar-refractivity contribution < 1.29 is 14.6 Å². The minimum absolute atomic E-state index is 0.199. The Morgan fingerprint density at radius 2 is 2.09 bits per heavy atom. The fraction of sp³-hybridized carbons (Fsp3) is 0.400. The van der Waals surface area contributed by atoms with Crippen LogP contribution < -0.4 is 10.6 Å². The summed E-state index contributed by atoms with van der Waals surface area (Å²) in [6.07, 6.45) is 1.05. The molecule has 0 bridgehead atoms. The maximum Gasteiger partial charge on any atom is 0.319 e. The molecule has 22 heavy (non-hydrogen) atoms. The lowest BCUT2D eigenvalue weighted by atomic mass is 9.94. The van der Waals surface area contributed by atoms with Crippen LogP contribution in [-0.4, -0.2) is 36.5 Å². The summed E-state index contributed by atoms with van der Waals surface area (Å²) < 4.78 is 6.23. The molecule has 2 amide bonds. The lowest BCUT2D eigenvalue weighted by Crippen LogP contribution is -2.47. The second-order valence-corrected chi connectivity index (χ2v) is 6.82. The Bertz CT molecular complexity index is 682. The molecule has 1 aliphatic rings. The predicted octanol–water partition coefficient (Wildman–Crippen LogP) is 3.22. The Morgan fingerprint density at radius 3 is 2.82 bits per heavy atom. The molecule has 7 heteroatoms. The van der Waals surface area contributed by atoms with Crippen LogP contribution in [0.3, 0.4) is 0 Å². The molecular formula is C15H17ClN2O3S. The number of halogens is 1. The second kappa shape index (κ2) is 6.42. The molecule has 1 saturated heterocycles. The first-order valence-electron chi connectivity index (χ1n) is 7.09. The van der Waals surface area contributed by atoms with E-state index in [0.717, 1.165) is 10.1 Å². The molecule has 2 aromatic rings. The third-order valence-electron chi connectivity index (χ3n) is 3.76. The van der Waals surface area contributed by atoms with Gasteiger partial charge in [0.15, 0.2) is 0 Å². The fourth-order valence-corrected chi connectivity index (χ4v) is 3.79. The number of carbonyl (C=O) groups is 1. The molecule has 0 unspecified atom stereocenters. The number of urea groups is 1. The third kappa shape index (κ3) is 3.35. The first-order valence-corrected chi connectivity index (χ1v) is 8.29. The average molecular weight is 341 g/mol. The number of ether oxygens (including phenoxy) is 1. The van der Waals surface area contributed by atoms with Gasteiger partial charge in [0.1, 0.15) is 5.00 Å². The van der Waals surface area contributed by atoms with Crippen molar-refractivity contribution in [1.29, 1.82) is 0 Å². The van der Waals surface area contributed by atoms with Gasteiger partial charge in [-0.05, 0) is 6.07 Å². The Labute approximate surface area is 137 Å². The van der Waals surface area contributed by atoms with Gasteiger partial charge in [-0.3, -0.25) is 5.32 Å². The van der Waals surface area contributed by atoms with Crippen molar-refractivity contribution in [2.45, 2.75) is 18.4 Å². The lowest BCUT2D eigenvalue weighted by molar-refractivity contribution is -0.0598. The maximum absolute atomic E-state index is 12.0. The van der Waals surface area contributed by atoms with E-state index in [0.29, 0.717) is 36.1 Å². The van der Waals surface area contributed by atoms with E-state index in [4.69, 9.17) is 16.3 Å². The zero-order valence-electron chi connectivity index (χ0n) is 11.9. The van der Waals surface area contributed by atoms with Crippen LogP contribution in [0.2, 0.25) is 5.02 Å². The molecule has 5 nitrogen and oxygen atoms in total. The molecule has 0 atom stereocenters. The highest BCUT2D eigenvalue weighted by atomic mass is 35.5. The fourth-order valence-electron chi connectivity index (χ4n) is 2.41. The van der Waals surface area contributed by atoms with E-state index in [2.05, 4.69) is 10.6 Å². The van der Waals surface area contributed by atoms with Gasteiger partial charge in [-0.15, -0.1) is 11.3 Å². The van der Waals surface area contributed by atoms with Crippen molar-refractivity contribution in [3.8, 4) is 0 Å². The van der Waals surface area contributed by atoms with Crippen LogP contribution in [0, 0.1) is 0 Å². The van der Waals surface area contributed by atoms with Gasteiger partial charge in [0, 0.05) is 42.7 Å². The SMILES string of the molecule is O=C(NCC1(O)CCOCC1)Nc1sc2ccccc2c1Cl. The number of nitrogens with one attached hydrogen (secondary N) is 2. The zero-order chi connectivity index (χ0) is 15.6. The van der Waals surface area contributed by atoms with Gasteiger partial charge in [0.25, 0.3) is 0 Å². The number of thiophene rings is 1. The summed E-state index contributed by atoms with van der Waals surface area (Å²) in [6.45, 7) is 1.23. The number of aliphatic hydroxyl groups is 1. The number of anilines is 1. The summed E-state index contributed by atoms with van der Waals surface area (Å²) in [7, 11) is 0. The summed E-state index contributed by atoms with van der Waals surface area (Å²) in [5.74, 6) is 0. The molecule has 2 heterocycles. The van der Waals surface area contributed by atoms with E-state index in [1.807, 2.05) is 24.3 Å². The highest BCUT2D eigenvalue weighted by Gasteiger charge is 2.30. The molecule has 1 aromatic carbocycles. The van der Waals surface area contributed by atoms with Gasteiger partial charge >= 0.3 is 6.03 Å². The highest BCUT2D eigenvalue weighted by molar-refractivity contribution is 7.23. The van der Waals surface area contributed by atoms with Crippen LogP contribution in [0.1, 0.15) is 12.8 Å². The maximum atomic E-state index is 12.0. The van der Waals surface area contributed by atoms with Gasteiger partial charge in [0.2, 0.25) is 0 Å². The standard InChI is InChI=1S/C15H17ClN2O3S/c16-12-10-3-1-2-4-11(10)22-13(12)18-14(19)17-9-15(20)5-7-21-8-6-15/h1-4,20H,5-9H2,(H2,17,18,19). The Morgan fingerprint density at radius 1 is 1.36 bits per heavy atom. The number of amides is 2.